The largest absolute Gasteiger partial charge is 0.444 e. The van der Waals surface area contributed by atoms with Gasteiger partial charge in [0.05, 0.1) is 6.67 Å². The molecule has 0 saturated carbocycles. The summed E-state index contributed by atoms with van der Waals surface area (Å²) >= 11 is 5.71. The summed E-state index contributed by atoms with van der Waals surface area (Å²) < 4.78 is 10.1. The van der Waals surface area contributed by atoms with Crippen molar-refractivity contribution in [3.8, 4) is 11.4 Å². The highest BCUT2D eigenvalue weighted by Gasteiger charge is 2.24. The van der Waals surface area contributed by atoms with Crippen molar-refractivity contribution in [1.82, 2.24) is 24.6 Å². The number of carbonyl (C=O) groups is 1. The van der Waals surface area contributed by atoms with Gasteiger partial charge in [0.15, 0.2) is 10.6 Å². The van der Waals surface area contributed by atoms with Crippen molar-refractivity contribution in [3.63, 3.8) is 0 Å². The van der Waals surface area contributed by atoms with Crippen molar-refractivity contribution in [3.05, 3.63) is 34.6 Å². The molecule has 0 spiro atoms. The first-order valence-electron chi connectivity index (χ1n) is 10.6. The van der Waals surface area contributed by atoms with E-state index in [9.17, 15) is 4.79 Å². The number of piperidine rings is 1. The number of nitrogens with zero attached hydrogens (tertiary/aromatic N) is 4. The lowest BCUT2D eigenvalue weighted by atomic mass is 10.1. The molecule has 1 N–H and O–H groups in total. The van der Waals surface area contributed by atoms with Crippen molar-refractivity contribution in [2.24, 2.45) is 0 Å². The van der Waals surface area contributed by atoms with E-state index >= 15 is 0 Å². The van der Waals surface area contributed by atoms with Gasteiger partial charge in [0.1, 0.15) is 5.60 Å². The van der Waals surface area contributed by atoms with E-state index in [4.69, 9.17) is 22.1 Å². The summed E-state index contributed by atoms with van der Waals surface area (Å²) in [7, 11) is 0. The summed E-state index contributed by atoms with van der Waals surface area (Å²) in [6, 6.07) is 8.49. The molecule has 2 aromatic rings. The average molecular weight is 432 g/mol. The zero-order chi connectivity index (χ0) is 21.9. The number of benzene rings is 1. The van der Waals surface area contributed by atoms with Crippen LogP contribution in [-0.4, -0.2) is 50.1 Å². The molecule has 30 heavy (non-hydrogen) atoms. The number of ether oxygens (including phenoxy) is 1. The topological polar surface area (TPSA) is 64.3 Å². The third-order valence-electron chi connectivity index (χ3n) is 5.16. The standard InChI is InChI=1S/C22H33N5O2S/c1-6-26-19(17-9-7-8-16(2)14-17)24-27(21(26)30)15-25-12-10-18(11-13-25)23-20(28)29-22(3,4)5/h7-9,14,18H,6,10-13,15H2,1-5H3,(H,23,28). The maximum Gasteiger partial charge on any atom is 0.407 e. The second kappa shape index (κ2) is 9.31. The minimum atomic E-state index is -0.478. The first-order chi connectivity index (χ1) is 14.2. The SMILES string of the molecule is CCn1c(-c2cccc(C)c2)nn(CN2CCC(NC(=O)OC(C)(C)C)CC2)c1=S. The summed E-state index contributed by atoms with van der Waals surface area (Å²) in [6.07, 6.45) is 1.42. The van der Waals surface area contributed by atoms with Crippen LogP contribution < -0.4 is 5.32 Å². The number of hydrogen-bond acceptors (Lipinski definition) is 5. The predicted molar refractivity (Wildman–Crippen MR) is 121 cm³/mol. The Morgan fingerprint density at radius 3 is 2.60 bits per heavy atom. The third-order valence-corrected chi connectivity index (χ3v) is 5.59. The van der Waals surface area contributed by atoms with Crippen LogP contribution in [0.1, 0.15) is 46.1 Å². The third kappa shape index (κ3) is 5.70. The van der Waals surface area contributed by atoms with Crippen LogP contribution in [0.2, 0.25) is 0 Å². The highest BCUT2D eigenvalue weighted by Crippen LogP contribution is 2.20. The Morgan fingerprint density at radius 1 is 1.30 bits per heavy atom. The quantitative estimate of drug-likeness (QED) is 0.713. The monoisotopic (exact) mass is 431 g/mol. The average Bonchev–Trinajstić information content (AvgIpc) is 2.97. The Balaban J connectivity index is 1.63. The number of likely N-dealkylation sites (tertiary alicyclic amines) is 1. The van der Waals surface area contributed by atoms with E-state index in [-0.39, 0.29) is 12.1 Å². The van der Waals surface area contributed by atoms with Crippen LogP contribution in [0.4, 0.5) is 4.79 Å². The van der Waals surface area contributed by atoms with Crippen LogP contribution in [0.15, 0.2) is 24.3 Å². The first-order valence-corrected chi connectivity index (χ1v) is 11.0. The Morgan fingerprint density at radius 2 is 2.00 bits per heavy atom. The molecule has 0 atom stereocenters. The minimum absolute atomic E-state index is 0.139. The predicted octanol–water partition coefficient (Wildman–Crippen LogP) is 4.36. The number of aryl methyl sites for hydroxylation is 1. The summed E-state index contributed by atoms with van der Waals surface area (Å²) in [4.78, 5) is 14.3. The van der Waals surface area contributed by atoms with Crippen LogP contribution in [0.5, 0.6) is 0 Å². The molecule has 3 rings (SSSR count). The van der Waals surface area contributed by atoms with E-state index in [1.807, 2.05) is 25.5 Å². The maximum absolute atomic E-state index is 12.0. The number of amides is 1. The minimum Gasteiger partial charge on any atom is -0.444 e. The highest BCUT2D eigenvalue weighted by atomic mass is 32.1. The summed E-state index contributed by atoms with van der Waals surface area (Å²) in [5, 5.41) is 7.82. The van der Waals surface area contributed by atoms with Gasteiger partial charge in [-0.2, -0.15) is 5.10 Å². The molecule has 0 unspecified atom stereocenters. The van der Waals surface area contributed by atoms with Crippen molar-refractivity contribution in [2.45, 2.75) is 72.3 Å². The molecule has 1 saturated heterocycles. The van der Waals surface area contributed by atoms with Crippen LogP contribution in [0, 0.1) is 11.7 Å². The highest BCUT2D eigenvalue weighted by molar-refractivity contribution is 7.71. The van der Waals surface area contributed by atoms with Gasteiger partial charge in [0, 0.05) is 31.2 Å². The van der Waals surface area contributed by atoms with Gasteiger partial charge in [0.25, 0.3) is 0 Å². The normalized spacial score (nSPS) is 15.9. The van der Waals surface area contributed by atoms with E-state index < -0.39 is 5.60 Å². The van der Waals surface area contributed by atoms with Crippen LogP contribution >= 0.6 is 12.2 Å². The summed E-state index contributed by atoms with van der Waals surface area (Å²) in [5.74, 6) is 0.910. The summed E-state index contributed by atoms with van der Waals surface area (Å²) in [5.41, 5.74) is 1.81. The van der Waals surface area contributed by atoms with Crippen molar-refractivity contribution in [2.75, 3.05) is 13.1 Å². The molecule has 164 valence electrons. The lowest BCUT2D eigenvalue weighted by molar-refractivity contribution is 0.0470. The van der Waals surface area contributed by atoms with Crippen molar-refractivity contribution >= 4 is 18.3 Å². The molecule has 1 fully saturated rings. The van der Waals surface area contributed by atoms with Crippen molar-refractivity contribution in [1.29, 1.82) is 0 Å². The van der Waals surface area contributed by atoms with Gasteiger partial charge in [-0.1, -0.05) is 23.8 Å². The number of aromatic nitrogens is 3. The molecule has 2 heterocycles. The number of carbonyl (C=O) groups excluding carboxylic acids is 1. The molecule has 1 aliphatic rings. The van der Waals surface area contributed by atoms with Gasteiger partial charge in [-0.05, 0) is 65.7 Å². The number of hydrogen-bond donors (Lipinski definition) is 1. The molecular weight excluding hydrogens is 398 g/mol. The zero-order valence-corrected chi connectivity index (χ0v) is 19.5. The summed E-state index contributed by atoms with van der Waals surface area (Å²) in [6.45, 7) is 13.0. The molecule has 1 aromatic carbocycles. The lowest BCUT2D eigenvalue weighted by Crippen LogP contribution is -2.46. The Kier molecular flexibility index (Phi) is 6.98. The molecule has 8 heteroatoms. The Bertz CT molecular complexity index is 936. The van der Waals surface area contributed by atoms with E-state index in [0.717, 1.165) is 48.6 Å². The fourth-order valence-electron chi connectivity index (χ4n) is 3.70. The maximum atomic E-state index is 12.0. The van der Waals surface area contributed by atoms with Gasteiger partial charge in [-0.3, -0.25) is 4.90 Å². The van der Waals surface area contributed by atoms with E-state index in [1.165, 1.54) is 5.56 Å². The molecular formula is C22H33N5O2S. The molecule has 0 radical (unpaired) electrons. The van der Waals surface area contributed by atoms with Crippen LogP contribution in [0.3, 0.4) is 0 Å². The van der Waals surface area contributed by atoms with E-state index in [0.29, 0.717) is 6.67 Å². The van der Waals surface area contributed by atoms with Gasteiger partial charge in [-0.15, -0.1) is 0 Å². The van der Waals surface area contributed by atoms with E-state index in [1.54, 1.807) is 0 Å². The lowest BCUT2D eigenvalue weighted by Gasteiger charge is -2.32. The second-order valence-electron chi connectivity index (χ2n) is 8.90. The van der Waals surface area contributed by atoms with Crippen molar-refractivity contribution < 1.29 is 9.53 Å². The number of nitrogens with one attached hydrogen (secondary N) is 1. The fraction of sp³-hybridized carbons (Fsp3) is 0.591. The Hall–Kier alpha value is -2.19. The second-order valence-corrected chi connectivity index (χ2v) is 9.26. The van der Waals surface area contributed by atoms with E-state index in [2.05, 4.69) is 52.9 Å². The van der Waals surface area contributed by atoms with Gasteiger partial charge >= 0.3 is 6.09 Å². The van der Waals surface area contributed by atoms with Gasteiger partial charge in [-0.25, -0.2) is 9.48 Å². The molecule has 7 nitrogen and oxygen atoms in total. The van der Waals surface area contributed by atoms with Crippen LogP contribution in [0.25, 0.3) is 11.4 Å². The van der Waals surface area contributed by atoms with Crippen LogP contribution in [-0.2, 0) is 18.0 Å². The van der Waals surface area contributed by atoms with Gasteiger partial charge in [0.2, 0.25) is 0 Å². The molecule has 1 aromatic heterocycles. The zero-order valence-electron chi connectivity index (χ0n) is 18.6. The fourth-order valence-corrected chi connectivity index (χ4v) is 4.01. The molecule has 1 amide bonds. The molecule has 1 aliphatic heterocycles. The Labute approximate surface area is 184 Å². The van der Waals surface area contributed by atoms with Gasteiger partial charge < -0.3 is 14.6 Å². The molecule has 0 aliphatic carbocycles. The number of alkyl carbamates (subject to hydrolysis) is 1. The number of rotatable bonds is 5. The molecule has 0 bridgehead atoms. The first kappa shape index (κ1) is 22.5. The smallest absolute Gasteiger partial charge is 0.407 e.